The molecule has 0 amide bonds. The molecule has 0 radical (unpaired) electrons. The number of unbranched alkanes of at least 4 members (excludes halogenated alkanes) is 1. The van der Waals surface area contributed by atoms with Gasteiger partial charge in [-0.25, -0.2) is 0 Å². The molecule has 12 nitrogen and oxygen atoms in total. The zero-order chi connectivity index (χ0) is 30.6. The van der Waals surface area contributed by atoms with Crippen molar-refractivity contribution in [2.45, 2.75) is 83.6 Å². The van der Waals surface area contributed by atoms with Crippen LogP contribution in [0.15, 0.2) is 45.6 Å². The predicted molar refractivity (Wildman–Crippen MR) is 148 cm³/mol. The van der Waals surface area contributed by atoms with Gasteiger partial charge >= 0.3 is 11.9 Å². The van der Waals surface area contributed by atoms with Crippen molar-refractivity contribution in [3.8, 4) is 34.3 Å². The Kier molecular flexibility index (Phi) is 9.59. The van der Waals surface area contributed by atoms with Gasteiger partial charge in [0.15, 0.2) is 24.1 Å². The number of carbonyl (C=O) groups is 2. The first kappa shape index (κ1) is 30.7. The van der Waals surface area contributed by atoms with Gasteiger partial charge in [-0.15, -0.1) is 0 Å². The molecule has 0 aliphatic carbocycles. The van der Waals surface area contributed by atoms with E-state index in [2.05, 4.69) is 0 Å². The molecule has 0 saturated carbocycles. The SMILES string of the molecule is CCCCC(=O)O[C@H]1[C@@H](O)[C@H](Oc2c(-c3ccc(O)cc3)oc3cc(O)cc(O)c3c2=O)O[C@@H](C)[C@@H]1OC(=O)CCC. The first-order valence-electron chi connectivity index (χ1n) is 13.7. The first-order valence-corrected chi connectivity index (χ1v) is 13.7. The molecule has 0 bridgehead atoms. The van der Waals surface area contributed by atoms with Crippen LogP contribution in [0, 0.1) is 0 Å². The average Bonchev–Trinajstić information content (AvgIpc) is 2.93. The van der Waals surface area contributed by atoms with Crippen LogP contribution in [-0.4, -0.2) is 63.1 Å². The number of aliphatic hydroxyl groups excluding tert-OH is 1. The summed E-state index contributed by atoms with van der Waals surface area (Å²) in [6.07, 6.45) is -4.88. The second kappa shape index (κ2) is 13.1. The highest BCUT2D eigenvalue weighted by Crippen LogP contribution is 2.38. The van der Waals surface area contributed by atoms with Crippen molar-refractivity contribution in [1.82, 2.24) is 0 Å². The lowest BCUT2D eigenvalue weighted by Gasteiger charge is -2.42. The fraction of sp³-hybridized carbons (Fsp3) is 0.433. The topological polar surface area (TPSA) is 182 Å². The van der Waals surface area contributed by atoms with Gasteiger partial charge in [0.1, 0.15) is 28.2 Å². The minimum Gasteiger partial charge on any atom is -0.508 e. The minimum atomic E-state index is -1.72. The average molecular weight is 587 g/mol. The van der Waals surface area contributed by atoms with Crippen molar-refractivity contribution in [1.29, 1.82) is 0 Å². The maximum atomic E-state index is 13.7. The number of benzene rings is 2. The Morgan fingerprint density at radius 2 is 1.57 bits per heavy atom. The summed E-state index contributed by atoms with van der Waals surface area (Å²) in [6.45, 7) is 5.23. The maximum absolute atomic E-state index is 13.7. The first-order chi connectivity index (χ1) is 20.0. The Hall–Kier alpha value is -4.29. The summed E-state index contributed by atoms with van der Waals surface area (Å²) in [6, 6.07) is 7.67. The highest BCUT2D eigenvalue weighted by atomic mass is 16.7. The third-order valence-corrected chi connectivity index (χ3v) is 6.76. The lowest BCUT2D eigenvalue weighted by Crippen LogP contribution is -2.61. The molecule has 1 aliphatic heterocycles. The Bertz CT molecular complexity index is 1480. The molecule has 1 fully saturated rings. The summed E-state index contributed by atoms with van der Waals surface area (Å²) in [5.74, 6) is -2.81. The summed E-state index contributed by atoms with van der Waals surface area (Å²) in [5, 5.41) is 41.2. The number of esters is 2. The summed E-state index contributed by atoms with van der Waals surface area (Å²) in [5.41, 5.74) is -0.734. The van der Waals surface area contributed by atoms with Crippen LogP contribution in [0.5, 0.6) is 23.0 Å². The van der Waals surface area contributed by atoms with Gasteiger partial charge in [0.2, 0.25) is 17.5 Å². The Balaban J connectivity index is 1.76. The van der Waals surface area contributed by atoms with Crippen molar-refractivity contribution < 1.29 is 53.4 Å². The highest BCUT2D eigenvalue weighted by Gasteiger charge is 2.49. The van der Waals surface area contributed by atoms with Gasteiger partial charge in [0.25, 0.3) is 0 Å². The molecule has 1 aromatic heterocycles. The predicted octanol–water partition coefficient (Wildman–Crippen LogP) is 3.88. The Morgan fingerprint density at radius 3 is 2.24 bits per heavy atom. The Labute approximate surface area is 241 Å². The van der Waals surface area contributed by atoms with E-state index in [-0.39, 0.29) is 46.6 Å². The normalized spacial score (nSPS) is 22.0. The number of hydrogen-bond acceptors (Lipinski definition) is 12. The maximum Gasteiger partial charge on any atom is 0.306 e. The van der Waals surface area contributed by atoms with Crippen molar-refractivity contribution in [2.24, 2.45) is 0 Å². The van der Waals surface area contributed by atoms with Gasteiger partial charge in [-0.3, -0.25) is 14.4 Å². The Morgan fingerprint density at radius 1 is 0.905 bits per heavy atom. The van der Waals surface area contributed by atoms with Gasteiger partial charge in [0.05, 0.1) is 6.10 Å². The second-order valence-electron chi connectivity index (χ2n) is 10.1. The van der Waals surface area contributed by atoms with Crippen LogP contribution in [0.2, 0.25) is 0 Å². The molecule has 226 valence electrons. The molecule has 4 N–H and O–H groups in total. The molecule has 3 aromatic rings. The molecule has 1 aliphatic rings. The molecule has 12 heteroatoms. The fourth-order valence-electron chi connectivity index (χ4n) is 4.62. The van der Waals surface area contributed by atoms with Crippen LogP contribution in [-0.2, 0) is 23.8 Å². The fourth-order valence-corrected chi connectivity index (χ4v) is 4.62. The number of aliphatic hydroxyl groups is 1. The minimum absolute atomic E-state index is 0.0594. The molecule has 0 spiro atoms. The van der Waals surface area contributed by atoms with Gasteiger partial charge < -0.3 is 43.8 Å². The summed E-state index contributed by atoms with van der Waals surface area (Å²) < 4.78 is 28.8. The number of aromatic hydroxyl groups is 3. The summed E-state index contributed by atoms with van der Waals surface area (Å²) >= 11 is 0. The molecule has 42 heavy (non-hydrogen) atoms. The number of phenols is 3. The van der Waals surface area contributed by atoms with Gasteiger partial charge in [-0.2, -0.15) is 0 Å². The van der Waals surface area contributed by atoms with E-state index in [1.54, 1.807) is 6.92 Å². The molecular weight excluding hydrogens is 552 g/mol. The van der Waals surface area contributed by atoms with Gasteiger partial charge in [0, 0.05) is 30.5 Å². The van der Waals surface area contributed by atoms with Crippen molar-refractivity contribution in [2.75, 3.05) is 0 Å². The van der Waals surface area contributed by atoms with E-state index in [9.17, 15) is 34.8 Å². The second-order valence-corrected chi connectivity index (χ2v) is 10.1. The van der Waals surface area contributed by atoms with Crippen molar-refractivity contribution in [3.05, 3.63) is 46.6 Å². The number of rotatable bonds is 10. The smallest absolute Gasteiger partial charge is 0.306 e. The van der Waals surface area contributed by atoms with Gasteiger partial charge in [-0.05, 0) is 44.0 Å². The van der Waals surface area contributed by atoms with E-state index in [0.29, 0.717) is 12.8 Å². The van der Waals surface area contributed by atoms with Crippen LogP contribution in [0.4, 0.5) is 0 Å². The van der Waals surface area contributed by atoms with Crippen LogP contribution in [0.25, 0.3) is 22.3 Å². The van der Waals surface area contributed by atoms with E-state index < -0.39 is 59.6 Å². The molecule has 2 heterocycles. The number of fused-ring (bicyclic) bond motifs is 1. The van der Waals surface area contributed by atoms with Gasteiger partial charge in [-0.1, -0.05) is 20.3 Å². The van der Waals surface area contributed by atoms with Crippen molar-refractivity contribution in [3.63, 3.8) is 0 Å². The molecule has 1 saturated heterocycles. The van der Waals surface area contributed by atoms with Crippen molar-refractivity contribution >= 4 is 22.9 Å². The van der Waals surface area contributed by atoms with Crippen LogP contribution >= 0.6 is 0 Å². The summed E-state index contributed by atoms with van der Waals surface area (Å²) in [7, 11) is 0. The molecule has 0 unspecified atom stereocenters. The van der Waals surface area contributed by atoms with E-state index in [0.717, 1.165) is 18.6 Å². The quantitative estimate of drug-likeness (QED) is 0.252. The molecule has 2 aromatic carbocycles. The highest BCUT2D eigenvalue weighted by molar-refractivity contribution is 5.88. The van der Waals surface area contributed by atoms with E-state index in [1.807, 2.05) is 6.92 Å². The van der Waals surface area contributed by atoms with E-state index >= 15 is 0 Å². The number of hydrogen-bond donors (Lipinski definition) is 4. The number of carbonyl (C=O) groups excluding carboxylic acids is 2. The summed E-state index contributed by atoms with van der Waals surface area (Å²) in [4.78, 5) is 38.6. The zero-order valence-electron chi connectivity index (χ0n) is 23.4. The standard InChI is InChI=1S/C30H34O12/c1-4-6-8-22(35)41-29-25(37)30(38-15(3)26(29)40-21(34)7-5-2)42-28-24(36)23-19(33)13-18(32)14-20(23)39-27(28)16-9-11-17(31)12-10-16/h9-15,25-26,29-33,37H,4-8H2,1-3H3/t15-,25+,26-,29-,30-/m0/s1. The van der Waals surface area contributed by atoms with Crippen LogP contribution < -0.4 is 10.2 Å². The third kappa shape index (κ3) is 6.60. The molecule has 4 rings (SSSR count). The van der Waals surface area contributed by atoms with Crippen LogP contribution in [0.3, 0.4) is 0 Å². The monoisotopic (exact) mass is 586 g/mol. The molecule has 5 atom stereocenters. The number of phenolic OH excluding ortho intramolecular Hbond substituents is 3. The number of ether oxygens (including phenoxy) is 4. The van der Waals surface area contributed by atoms with E-state index in [4.69, 9.17) is 23.4 Å². The largest absolute Gasteiger partial charge is 0.508 e. The molecular formula is C30H34O12. The lowest BCUT2D eigenvalue weighted by molar-refractivity contribution is -0.277. The zero-order valence-corrected chi connectivity index (χ0v) is 23.4. The van der Waals surface area contributed by atoms with Crippen LogP contribution in [0.1, 0.15) is 52.9 Å². The lowest BCUT2D eigenvalue weighted by atomic mass is 9.99. The third-order valence-electron chi connectivity index (χ3n) is 6.76. The van der Waals surface area contributed by atoms with E-state index in [1.165, 1.54) is 31.2 Å².